The fourth-order valence-electron chi connectivity index (χ4n) is 2.97. The maximum Gasteiger partial charge on any atom is 0.191 e. The lowest BCUT2D eigenvalue weighted by Crippen LogP contribution is -2.44. The SMILES string of the molecule is CN=C(NCCNc1nc2ccccc2s1)NC1CCC(SC)C1.I. The van der Waals surface area contributed by atoms with Crippen LogP contribution in [0.15, 0.2) is 29.3 Å². The average molecular weight is 491 g/mol. The maximum absolute atomic E-state index is 4.58. The molecule has 0 amide bonds. The topological polar surface area (TPSA) is 61.3 Å². The molecule has 5 nitrogen and oxygen atoms in total. The third-order valence-electron chi connectivity index (χ3n) is 4.27. The zero-order valence-electron chi connectivity index (χ0n) is 14.6. The van der Waals surface area contributed by atoms with Gasteiger partial charge in [0.25, 0.3) is 0 Å². The summed E-state index contributed by atoms with van der Waals surface area (Å²) >= 11 is 3.67. The first-order chi connectivity index (χ1) is 11.8. The Hall–Kier alpha value is -0.740. The molecule has 1 aromatic carbocycles. The van der Waals surface area contributed by atoms with Gasteiger partial charge in [0, 0.05) is 31.4 Å². The molecule has 8 heteroatoms. The van der Waals surface area contributed by atoms with E-state index in [9.17, 15) is 0 Å². The monoisotopic (exact) mass is 491 g/mol. The van der Waals surface area contributed by atoms with Crippen molar-refractivity contribution in [1.29, 1.82) is 0 Å². The number of thioether (sulfide) groups is 1. The number of benzene rings is 1. The Morgan fingerprint density at radius 1 is 1.32 bits per heavy atom. The second kappa shape index (κ2) is 10.4. The standard InChI is InChI=1S/C17H25N5S2.HI/c1-18-16(21-12-7-8-13(11-12)23-2)19-9-10-20-17-22-14-5-3-4-6-15(14)24-17;/h3-6,12-13H,7-11H2,1-2H3,(H,20,22)(H2,18,19,21);1H. The Morgan fingerprint density at radius 3 is 2.88 bits per heavy atom. The summed E-state index contributed by atoms with van der Waals surface area (Å²) in [6.45, 7) is 1.63. The molecule has 0 saturated heterocycles. The summed E-state index contributed by atoms with van der Waals surface area (Å²) in [6.07, 6.45) is 5.96. The molecule has 2 atom stereocenters. The summed E-state index contributed by atoms with van der Waals surface area (Å²) in [6, 6.07) is 8.77. The van der Waals surface area contributed by atoms with Gasteiger partial charge in [0.2, 0.25) is 0 Å². The quantitative estimate of drug-likeness (QED) is 0.249. The lowest BCUT2D eigenvalue weighted by molar-refractivity contribution is 0.616. The van der Waals surface area contributed by atoms with E-state index in [-0.39, 0.29) is 24.0 Å². The first-order valence-electron chi connectivity index (χ1n) is 8.38. The highest BCUT2D eigenvalue weighted by molar-refractivity contribution is 14.0. The molecule has 2 unspecified atom stereocenters. The van der Waals surface area contributed by atoms with E-state index in [0.29, 0.717) is 6.04 Å². The van der Waals surface area contributed by atoms with E-state index in [1.165, 1.54) is 24.0 Å². The highest BCUT2D eigenvalue weighted by Crippen LogP contribution is 2.28. The van der Waals surface area contributed by atoms with Crippen LogP contribution >= 0.6 is 47.1 Å². The van der Waals surface area contributed by atoms with Gasteiger partial charge in [-0.2, -0.15) is 11.8 Å². The molecule has 3 rings (SSSR count). The van der Waals surface area contributed by atoms with Crippen LogP contribution in [0.25, 0.3) is 10.2 Å². The lowest BCUT2D eigenvalue weighted by atomic mass is 10.2. The fraction of sp³-hybridized carbons (Fsp3) is 0.529. The van der Waals surface area contributed by atoms with Crippen molar-refractivity contribution in [2.45, 2.75) is 30.6 Å². The smallest absolute Gasteiger partial charge is 0.191 e. The van der Waals surface area contributed by atoms with Crippen LogP contribution in [0.5, 0.6) is 0 Å². The summed E-state index contributed by atoms with van der Waals surface area (Å²) in [7, 11) is 1.83. The predicted octanol–water partition coefficient (Wildman–Crippen LogP) is 3.78. The number of fused-ring (bicyclic) bond motifs is 1. The summed E-state index contributed by atoms with van der Waals surface area (Å²) in [4.78, 5) is 8.91. The minimum Gasteiger partial charge on any atom is -0.360 e. The van der Waals surface area contributed by atoms with Gasteiger partial charge in [-0.3, -0.25) is 4.99 Å². The van der Waals surface area contributed by atoms with Crippen molar-refractivity contribution in [3.63, 3.8) is 0 Å². The van der Waals surface area contributed by atoms with Gasteiger partial charge in [0.1, 0.15) is 0 Å². The van der Waals surface area contributed by atoms with E-state index in [4.69, 9.17) is 0 Å². The molecule has 0 radical (unpaired) electrons. The number of nitrogens with zero attached hydrogens (tertiary/aromatic N) is 2. The number of halogens is 1. The van der Waals surface area contributed by atoms with Gasteiger partial charge in [-0.1, -0.05) is 23.5 Å². The van der Waals surface area contributed by atoms with E-state index in [1.54, 1.807) is 11.3 Å². The zero-order chi connectivity index (χ0) is 16.8. The molecule has 0 aliphatic heterocycles. The van der Waals surface area contributed by atoms with Crippen LogP contribution in [-0.2, 0) is 0 Å². The summed E-state index contributed by atoms with van der Waals surface area (Å²) < 4.78 is 1.22. The van der Waals surface area contributed by atoms with Crippen LogP contribution in [-0.4, -0.2) is 48.6 Å². The van der Waals surface area contributed by atoms with E-state index in [2.05, 4.69) is 38.2 Å². The maximum atomic E-state index is 4.58. The minimum atomic E-state index is 0. The fourth-order valence-corrected chi connectivity index (χ4v) is 4.66. The third kappa shape index (κ3) is 5.89. The Balaban J connectivity index is 0.00000225. The van der Waals surface area contributed by atoms with Gasteiger partial charge in [-0.05, 0) is 37.7 Å². The number of nitrogens with one attached hydrogen (secondary N) is 3. The largest absolute Gasteiger partial charge is 0.360 e. The van der Waals surface area contributed by atoms with Crippen LogP contribution in [0.2, 0.25) is 0 Å². The van der Waals surface area contributed by atoms with Gasteiger partial charge >= 0.3 is 0 Å². The second-order valence-corrected chi connectivity index (χ2v) is 8.09. The Kier molecular flexibility index (Phi) is 8.57. The second-order valence-electron chi connectivity index (χ2n) is 5.92. The molecule has 0 bridgehead atoms. The number of guanidine groups is 1. The first-order valence-corrected chi connectivity index (χ1v) is 10.5. The minimum absolute atomic E-state index is 0. The number of aliphatic imine (C=N–C) groups is 1. The number of rotatable bonds is 6. The average Bonchev–Trinajstić information content (AvgIpc) is 3.23. The molecule has 1 heterocycles. The Morgan fingerprint density at radius 2 is 2.16 bits per heavy atom. The molecular weight excluding hydrogens is 465 g/mol. The molecular formula is C17H26IN5S2. The van der Waals surface area contributed by atoms with Crippen molar-refractivity contribution in [3.8, 4) is 0 Å². The van der Waals surface area contributed by atoms with Gasteiger partial charge in [-0.25, -0.2) is 4.98 Å². The number of hydrogen-bond donors (Lipinski definition) is 3. The number of anilines is 1. The highest BCUT2D eigenvalue weighted by atomic mass is 127. The number of aromatic nitrogens is 1. The zero-order valence-corrected chi connectivity index (χ0v) is 18.6. The van der Waals surface area contributed by atoms with Crippen molar-refractivity contribution < 1.29 is 0 Å². The Labute approximate surface area is 174 Å². The van der Waals surface area contributed by atoms with Crippen molar-refractivity contribution in [2.75, 3.05) is 31.7 Å². The Bertz CT molecular complexity index is 657. The van der Waals surface area contributed by atoms with Crippen LogP contribution < -0.4 is 16.0 Å². The van der Waals surface area contributed by atoms with E-state index in [0.717, 1.165) is 34.9 Å². The molecule has 1 saturated carbocycles. The molecule has 138 valence electrons. The summed E-state index contributed by atoms with van der Waals surface area (Å²) in [5.41, 5.74) is 1.06. The van der Waals surface area contributed by atoms with Crippen LogP contribution in [0, 0.1) is 0 Å². The van der Waals surface area contributed by atoms with Gasteiger partial charge < -0.3 is 16.0 Å². The van der Waals surface area contributed by atoms with Crippen LogP contribution in [0.4, 0.5) is 5.13 Å². The van der Waals surface area contributed by atoms with Gasteiger partial charge in [0.05, 0.1) is 10.2 Å². The van der Waals surface area contributed by atoms with Crippen molar-refractivity contribution in [1.82, 2.24) is 15.6 Å². The molecule has 1 fully saturated rings. The summed E-state index contributed by atoms with van der Waals surface area (Å²) in [5, 5.41) is 12.1. The van der Waals surface area contributed by atoms with E-state index < -0.39 is 0 Å². The van der Waals surface area contributed by atoms with Crippen molar-refractivity contribution >= 4 is 68.4 Å². The predicted molar refractivity (Wildman–Crippen MR) is 123 cm³/mol. The van der Waals surface area contributed by atoms with E-state index >= 15 is 0 Å². The number of hydrogen-bond acceptors (Lipinski definition) is 5. The van der Waals surface area contributed by atoms with Crippen LogP contribution in [0.1, 0.15) is 19.3 Å². The number of thiazole rings is 1. The van der Waals surface area contributed by atoms with Gasteiger partial charge in [-0.15, -0.1) is 24.0 Å². The van der Waals surface area contributed by atoms with Crippen LogP contribution in [0.3, 0.4) is 0 Å². The van der Waals surface area contributed by atoms with Gasteiger partial charge in [0.15, 0.2) is 11.1 Å². The molecule has 0 spiro atoms. The number of para-hydroxylation sites is 1. The van der Waals surface area contributed by atoms with Crippen molar-refractivity contribution in [3.05, 3.63) is 24.3 Å². The highest BCUT2D eigenvalue weighted by Gasteiger charge is 2.24. The molecule has 3 N–H and O–H groups in total. The molecule has 1 aliphatic rings. The molecule has 2 aromatic rings. The summed E-state index contributed by atoms with van der Waals surface area (Å²) in [5.74, 6) is 0.896. The van der Waals surface area contributed by atoms with Crippen molar-refractivity contribution in [2.24, 2.45) is 4.99 Å². The van der Waals surface area contributed by atoms with E-state index in [1.807, 2.05) is 37.0 Å². The lowest BCUT2D eigenvalue weighted by Gasteiger charge is -2.17. The third-order valence-corrected chi connectivity index (χ3v) is 6.36. The molecule has 1 aliphatic carbocycles. The molecule has 25 heavy (non-hydrogen) atoms. The normalized spacial score (nSPS) is 20.3. The molecule has 1 aromatic heterocycles. The first kappa shape index (κ1) is 20.6.